The van der Waals surface area contributed by atoms with Crippen molar-refractivity contribution >= 4 is 15.9 Å². The zero-order valence-electron chi connectivity index (χ0n) is 16.5. The van der Waals surface area contributed by atoms with Gasteiger partial charge in [0.05, 0.1) is 11.0 Å². The first-order valence-corrected chi connectivity index (χ1v) is 11.5. The van der Waals surface area contributed by atoms with E-state index in [0.717, 1.165) is 30.6 Å². The van der Waals surface area contributed by atoms with E-state index >= 15 is 0 Å². The van der Waals surface area contributed by atoms with Crippen molar-refractivity contribution in [1.82, 2.24) is 10.0 Å². The van der Waals surface area contributed by atoms with E-state index in [-0.39, 0.29) is 16.9 Å². The number of nitrogens with one attached hydrogen (secondary N) is 2. The summed E-state index contributed by atoms with van der Waals surface area (Å²) in [5, 5.41) is 2.90. The highest BCUT2D eigenvalue weighted by Crippen LogP contribution is 2.13. The fraction of sp³-hybridized carbons (Fsp3) is 0.409. The van der Waals surface area contributed by atoms with Crippen molar-refractivity contribution in [2.45, 2.75) is 43.1 Å². The van der Waals surface area contributed by atoms with Gasteiger partial charge >= 0.3 is 0 Å². The summed E-state index contributed by atoms with van der Waals surface area (Å²) in [4.78, 5) is 12.2. The molecule has 1 saturated heterocycles. The lowest BCUT2D eigenvalue weighted by Crippen LogP contribution is -2.31. The first kappa shape index (κ1) is 21.5. The molecule has 1 aliphatic rings. The standard InChI is InChI=1S/C22H28N2O4S/c25-22(23-17-20-7-4-16-28-20)13-10-19-8-11-21(12-9-19)29(26,27)24-15-14-18-5-2-1-3-6-18/h1-3,5-6,8-9,11-12,20,24H,4,7,10,13-17H2,(H,23,25)/t20-/m1/s1. The smallest absolute Gasteiger partial charge is 0.240 e. The number of carbonyl (C=O) groups excluding carboxylic acids is 1. The minimum atomic E-state index is -3.54. The lowest BCUT2D eigenvalue weighted by molar-refractivity contribution is -0.121. The molecular formula is C22H28N2O4S. The van der Waals surface area contributed by atoms with Gasteiger partial charge in [-0.3, -0.25) is 4.79 Å². The maximum atomic E-state index is 12.4. The number of benzene rings is 2. The molecule has 0 radical (unpaired) electrons. The van der Waals surface area contributed by atoms with Gasteiger partial charge in [0, 0.05) is 26.1 Å². The van der Waals surface area contributed by atoms with Crippen LogP contribution in [0.1, 0.15) is 30.4 Å². The van der Waals surface area contributed by atoms with E-state index in [0.29, 0.717) is 32.4 Å². The molecule has 1 fully saturated rings. The molecule has 0 bridgehead atoms. The highest BCUT2D eigenvalue weighted by molar-refractivity contribution is 7.89. The monoisotopic (exact) mass is 416 g/mol. The number of amides is 1. The van der Waals surface area contributed by atoms with Crippen LogP contribution in [0.15, 0.2) is 59.5 Å². The Balaban J connectivity index is 1.42. The molecule has 1 atom stereocenters. The Hall–Kier alpha value is -2.22. The fourth-order valence-electron chi connectivity index (χ4n) is 3.27. The number of sulfonamides is 1. The van der Waals surface area contributed by atoms with Gasteiger partial charge in [0.1, 0.15) is 0 Å². The van der Waals surface area contributed by atoms with E-state index in [1.165, 1.54) is 0 Å². The molecule has 1 aliphatic heterocycles. The van der Waals surface area contributed by atoms with Crippen molar-refractivity contribution in [2.75, 3.05) is 19.7 Å². The number of aryl methyl sites for hydroxylation is 1. The van der Waals surface area contributed by atoms with Gasteiger partial charge in [-0.2, -0.15) is 0 Å². The number of ether oxygens (including phenoxy) is 1. The van der Waals surface area contributed by atoms with Crippen molar-refractivity contribution in [3.63, 3.8) is 0 Å². The lowest BCUT2D eigenvalue weighted by Gasteiger charge is -2.11. The van der Waals surface area contributed by atoms with Crippen LogP contribution in [-0.4, -0.2) is 40.1 Å². The molecule has 0 aliphatic carbocycles. The maximum Gasteiger partial charge on any atom is 0.240 e. The summed E-state index contributed by atoms with van der Waals surface area (Å²) in [6.45, 7) is 1.68. The summed E-state index contributed by atoms with van der Waals surface area (Å²) < 4.78 is 33.0. The average Bonchev–Trinajstić information content (AvgIpc) is 3.25. The second-order valence-corrected chi connectivity index (χ2v) is 8.98. The second kappa shape index (κ2) is 10.5. The van der Waals surface area contributed by atoms with Crippen LogP contribution in [0.2, 0.25) is 0 Å². The molecule has 7 heteroatoms. The van der Waals surface area contributed by atoms with Gasteiger partial charge in [-0.25, -0.2) is 13.1 Å². The van der Waals surface area contributed by atoms with E-state index < -0.39 is 10.0 Å². The molecule has 2 aromatic rings. The maximum absolute atomic E-state index is 12.4. The summed E-state index contributed by atoms with van der Waals surface area (Å²) in [5.74, 6) is -0.0141. The largest absolute Gasteiger partial charge is 0.376 e. The molecule has 29 heavy (non-hydrogen) atoms. The van der Waals surface area contributed by atoms with Crippen LogP contribution in [0.4, 0.5) is 0 Å². The molecule has 1 amide bonds. The van der Waals surface area contributed by atoms with Crippen molar-refractivity contribution in [2.24, 2.45) is 0 Å². The Kier molecular flexibility index (Phi) is 7.80. The molecule has 156 valence electrons. The van der Waals surface area contributed by atoms with Crippen molar-refractivity contribution in [1.29, 1.82) is 0 Å². The fourth-order valence-corrected chi connectivity index (χ4v) is 4.30. The third-order valence-corrected chi connectivity index (χ3v) is 6.45. The van der Waals surface area contributed by atoms with E-state index in [2.05, 4.69) is 10.0 Å². The first-order valence-electron chi connectivity index (χ1n) is 10.0. The summed E-state index contributed by atoms with van der Waals surface area (Å²) >= 11 is 0. The summed E-state index contributed by atoms with van der Waals surface area (Å²) in [5.41, 5.74) is 2.02. The summed E-state index contributed by atoms with van der Waals surface area (Å²) in [6.07, 6.45) is 3.76. The molecule has 3 rings (SSSR count). The summed E-state index contributed by atoms with van der Waals surface area (Å²) in [6, 6.07) is 16.5. The minimum Gasteiger partial charge on any atom is -0.376 e. The molecule has 2 N–H and O–H groups in total. The van der Waals surface area contributed by atoms with Crippen LogP contribution in [0, 0.1) is 0 Å². The highest BCUT2D eigenvalue weighted by Gasteiger charge is 2.16. The van der Waals surface area contributed by atoms with Crippen molar-refractivity contribution in [3.05, 3.63) is 65.7 Å². The Morgan fingerprint density at radius 1 is 1.00 bits per heavy atom. The number of hydrogen-bond donors (Lipinski definition) is 2. The Labute approximate surface area is 172 Å². The normalized spacial score (nSPS) is 16.6. The van der Waals surface area contributed by atoms with Gasteiger partial charge in [-0.1, -0.05) is 42.5 Å². The predicted octanol–water partition coefficient (Wildman–Crippen LogP) is 2.44. The third kappa shape index (κ3) is 6.96. The molecule has 1 heterocycles. The lowest BCUT2D eigenvalue weighted by atomic mass is 10.1. The number of hydrogen-bond acceptors (Lipinski definition) is 4. The van der Waals surface area contributed by atoms with Gasteiger partial charge in [0.25, 0.3) is 0 Å². The summed E-state index contributed by atoms with van der Waals surface area (Å²) in [7, 11) is -3.54. The molecule has 2 aromatic carbocycles. The van der Waals surface area contributed by atoms with Crippen LogP contribution in [0.3, 0.4) is 0 Å². The first-order chi connectivity index (χ1) is 14.0. The predicted molar refractivity (Wildman–Crippen MR) is 112 cm³/mol. The second-order valence-electron chi connectivity index (χ2n) is 7.22. The van der Waals surface area contributed by atoms with Crippen LogP contribution >= 0.6 is 0 Å². The third-order valence-electron chi connectivity index (χ3n) is 4.97. The Bertz CT molecular complexity index is 877. The van der Waals surface area contributed by atoms with Crippen LogP contribution in [-0.2, 0) is 32.4 Å². The number of carbonyl (C=O) groups is 1. The molecule has 0 aromatic heterocycles. The van der Waals surface area contributed by atoms with Crippen LogP contribution in [0.25, 0.3) is 0 Å². The molecule has 0 unspecified atom stereocenters. The molecule has 6 nitrogen and oxygen atoms in total. The van der Waals surface area contributed by atoms with E-state index in [4.69, 9.17) is 4.74 Å². The van der Waals surface area contributed by atoms with Gasteiger partial charge in [-0.15, -0.1) is 0 Å². The van der Waals surface area contributed by atoms with E-state index in [1.807, 2.05) is 30.3 Å². The van der Waals surface area contributed by atoms with Crippen LogP contribution in [0.5, 0.6) is 0 Å². The Morgan fingerprint density at radius 3 is 2.41 bits per heavy atom. The Morgan fingerprint density at radius 2 is 1.72 bits per heavy atom. The zero-order chi connectivity index (χ0) is 20.5. The zero-order valence-corrected chi connectivity index (χ0v) is 17.3. The van der Waals surface area contributed by atoms with Gasteiger partial charge in [-0.05, 0) is 48.9 Å². The van der Waals surface area contributed by atoms with Gasteiger partial charge < -0.3 is 10.1 Å². The SMILES string of the molecule is O=C(CCc1ccc(S(=O)(=O)NCCc2ccccc2)cc1)NC[C@H]1CCCO1. The van der Waals surface area contributed by atoms with Crippen molar-refractivity contribution < 1.29 is 17.9 Å². The quantitative estimate of drug-likeness (QED) is 0.623. The van der Waals surface area contributed by atoms with Crippen LogP contribution < -0.4 is 10.0 Å². The van der Waals surface area contributed by atoms with Crippen molar-refractivity contribution in [3.8, 4) is 0 Å². The molecule has 0 spiro atoms. The average molecular weight is 417 g/mol. The van der Waals surface area contributed by atoms with Gasteiger partial charge in [0.2, 0.25) is 15.9 Å². The number of rotatable bonds is 10. The molecule has 0 saturated carbocycles. The minimum absolute atomic E-state index is 0.0141. The van der Waals surface area contributed by atoms with E-state index in [1.54, 1.807) is 24.3 Å². The molecular weight excluding hydrogens is 388 g/mol. The highest BCUT2D eigenvalue weighted by atomic mass is 32.2. The van der Waals surface area contributed by atoms with Gasteiger partial charge in [0.15, 0.2) is 0 Å². The van der Waals surface area contributed by atoms with E-state index in [9.17, 15) is 13.2 Å². The topological polar surface area (TPSA) is 84.5 Å².